The number of methoxy groups -OCH3 is 1. The van der Waals surface area contributed by atoms with Gasteiger partial charge in [-0.05, 0) is 59.7 Å². The Morgan fingerprint density at radius 3 is 2.45 bits per heavy atom. The molecule has 0 saturated carbocycles. The number of hydrogen-bond donors (Lipinski definition) is 0. The van der Waals surface area contributed by atoms with Gasteiger partial charge in [0, 0.05) is 17.5 Å². The number of ether oxygens (including phenoxy) is 2. The van der Waals surface area contributed by atoms with Gasteiger partial charge < -0.3 is 14.0 Å². The number of aromatic nitrogens is 2. The number of fused-ring (bicyclic) bond motifs is 1. The summed E-state index contributed by atoms with van der Waals surface area (Å²) in [4.78, 5) is 16.3. The number of rotatable bonds is 8. The molecule has 0 unspecified atom stereocenters. The molecule has 5 rings (SSSR count). The maximum atomic E-state index is 11.9. The molecule has 0 N–H and O–H groups in total. The number of benzene rings is 3. The molecule has 6 nitrogen and oxygen atoms in total. The predicted molar refractivity (Wildman–Crippen MR) is 149 cm³/mol. The molecular weight excluding hydrogens is 523 g/mol. The third-order valence-electron chi connectivity index (χ3n) is 6.18. The van der Waals surface area contributed by atoms with Crippen LogP contribution in [0.4, 0.5) is 0 Å². The second kappa shape index (κ2) is 11.3. The van der Waals surface area contributed by atoms with Gasteiger partial charge in [-0.3, -0.25) is 0 Å². The molecule has 0 aliphatic heterocycles. The van der Waals surface area contributed by atoms with E-state index in [4.69, 9.17) is 37.2 Å². The lowest BCUT2D eigenvalue weighted by atomic mass is 10.0. The Kier molecular flexibility index (Phi) is 7.63. The van der Waals surface area contributed by atoms with E-state index in [1.54, 1.807) is 30.3 Å². The van der Waals surface area contributed by atoms with Crippen LogP contribution >= 0.6 is 23.2 Å². The van der Waals surface area contributed by atoms with Crippen molar-refractivity contribution in [3.05, 3.63) is 99.9 Å². The lowest BCUT2D eigenvalue weighted by Crippen LogP contribution is -2.04. The van der Waals surface area contributed by atoms with Crippen LogP contribution in [0.5, 0.6) is 5.75 Å². The van der Waals surface area contributed by atoms with Gasteiger partial charge in [-0.25, -0.2) is 9.78 Å². The fraction of sp³-hybridized carbons (Fsp3) is 0.167. The van der Waals surface area contributed by atoms with Crippen molar-refractivity contribution < 1.29 is 18.8 Å². The van der Waals surface area contributed by atoms with Crippen molar-refractivity contribution in [3.8, 4) is 28.3 Å². The number of esters is 1. The number of carbonyl (C=O) groups is 1. The number of carbonyl (C=O) groups excluding carboxylic acids is 1. The van der Waals surface area contributed by atoms with Crippen LogP contribution in [0.15, 0.2) is 77.3 Å². The van der Waals surface area contributed by atoms with Gasteiger partial charge in [0.25, 0.3) is 0 Å². The van der Waals surface area contributed by atoms with E-state index in [0.717, 1.165) is 40.5 Å². The zero-order valence-electron chi connectivity index (χ0n) is 20.8. The van der Waals surface area contributed by atoms with Gasteiger partial charge in [0.1, 0.15) is 29.5 Å². The Hall–Kier alpha value is -3.87. The summed E-state index contributed by atoms with van der Waals surface area (Å²) in [5.41, 5.74) is 3.91. The van der Waals surface area contributed by atoms with Crippen molar-refractivity contribution >= 4 is 39.9 Å². The maximum Gasteiger partial charge on any atom is 0.356 e. The highest BCUT2D eigenvalue weighted by Crippen LogP contribution is 2.38. The van der Waals surface area contributed by atoms with E-state index < -0.39 is 5.97 Å². The lowest BCUT2D eigenvalue weighted by molar-refractivity contribution is 0.0594. The molecule has 5 aromatic rings. The molecule has 38 heavy (non-hydrogen) atoms. The van der Waals surface area contributed by atoms with Gasteiger partial charge in [0.2, 0.25) is 0 Å². The Balaban J connectivity index is 1.41. The van der Waals surface area contributed by atoms with Crippen molar-refractivity contribution in [2.24, 2.45) is 0 Å². The third-order valence-corrected chi connectivity index (χ3v) is 6.81. The number of pyridine rings is 1. The van der Waals surface area contributed by atoms with Gasteiger partial charge in [-0.1, -0.05) is 65.6 Å². The molecule has 0 radical (unpaired) electrons. The second-order valence-corrected chi connectivity index (χ2v) is 9.51. The highest BCUT2D eigenvalue weighted by molar-refractivity contribution is 6.39. The molecule has 0 aliphatic carbocycles. The van der Waals surface area contributed by atoms with Crippen LogP contribution in [-0.4, -0.2) is 23.2 Å². The Labute approximate surface area is 230 Å². The van der Waals surface area contributed by atoms with E-state index in [2.05, 4.69) is 17.1 Å². The van der Waals surface area contributed by atoms with Crippen LogP contribution in [0.2, 0.25) is 10.0 Å². The van der Waals surface area contributed by atoms with Crippen molar-refractivity contribution in [2.45, 2.75) is 26.4 Å². The first-order valence-electron chi connectivity index (χ1n) is 12.1. The minimum Gasteiger partial charge on any atom is -0.489 e. The van der Waals surface area contributed by atoms with Crippen LogP contribution in [0.25, 0.3) is 33.3 Å². The monoisotopic (exact) mass is 546 g/mol. The summed E-state index contributed by atoms with van der Waals surface area (Å²) < 4.78 is 16.7. The van der Waals surface area contributed by atoms with E-state index in [9.17, 15) is 4.79 Å². The molecule has 2 aromatic heterocycles. The second-order valence-electron chi connectivity index (χ2n) is 8.69. The van der Waals surface area contributed by atoms with E-state index in [1.165, 1.54) is 7.11 Å². The fourth-order valence-electron chi connectivity index (χ4n) is 4.28. The largest absolute Gasteiger partial charge is 0.489 e. The van der Waals surface area contributed by atoms with Crippen molar-refractivity contribution in [3.63, 3.8) is 0 Å². The summed E-state index contributed by atoms with van der Waals surface area (Å²) in [5, 5.41) is 7.31. The van der Waals surface area contributed by atoms with Gasteiger partial charge in [0.15, 0.2) is 0 Å². The summed E-state index contributed by atoms with van der Waals surface area (Å²) in [6.45, 7) is 2.33. The van der Waals surface area contributed by atoms with Crippen molar-refractivity contribution in [1.29, 1.82) is 0 Å². The van der Waals surface area contributed by atoms with Gasteiger partial charge in [-0.2, -0.15) is 0 Å². The van der Waals surface area contributed by atoms with Crippen LogP contribution < -0.4 is 4.74 Å². The molecular formula is C30H24Cl2N2O4. The minimum absolute atomic E-state index is 0.254. The molecule has 0 spiro atoms. The molecule has 0 aliphatic rings. The average Bonchev–Trinajstić information content (AvgIpc) is 3.33. The lowest BCUT2D eigenvalue weighted by Gasteiger charge is -2.11. The van der Waals surface area contributed by atoms with Gasteiger partial charge >= 0.3 is 5.97 Å². The van der Waals surface area contributed by atoms with Crippen LogP contribution in [0, 0.1) is 0 Å². The topological polar surface area (TPSA) is 74.5 Å². The van der Waals surface area contributed by atoms with Crippen molar-refractivity contribution in [2.75, 3.05) is 7.11 Å². The molecule has 2 heterocycles. The molecule has 192 valence electrons. The Morgan fingerprint density at radius 2 is 1.68 bits per heavy atom. The molecule has 0 fully saturated rings. The normalized spacial score (nSPS) is 11.1. The predicted octanol–water partition coefficient (Wildman–Crippen LogP) is 8.18. The quantitative estimate of drug-likeness (QED) is 0.182. The van der Waals surface area contributed by atoms with E-state index in [0.29, 0.717) is 32.7 Å². The third kappa shape index (κ3) is 5.23. The Morgan fingerprint density at radius 1 is 0.947 bits per heavy atom. The van der Waals surface area contributed by atoms with Gasteiger partial charge in [0.05, 0.1) is 28.4 Å². The smallest absolute Gasteiger partial charge is 0.356 e. The summed E-state index contributed by atoms with van der Waals surface area (Å²) in [7, 11) is 1.34. The van der Waals surface area contributed by atoms with Gasteiger partial charge in [-0.15, -0.1) is 0 Å². The molecule has 0 amide bonds. The molecule has 0 atom stereocenters. The van der Waals surface area contributed by atoms with E-state index >= 15 is 0 Å². The summed E-state index contributed by atoms with van der Waals surface area (Å²) in [6.07, 6.45) is 1.62. The van der Waals surface area contributed by atoms with Crippen LogP contribution in [0.3, 0.4) is 0 Å². The molecule has 8 heteroatoms. The van der Waals surface area contributed by atoms with E-state index in [1.807, 2.05) is 42.5 Å². The summed E-state index contributed by atoms with van der Waals surface area (Å²) in [5.74, 6) is 0.992. The maximum absolute atomic E-state index is 11.9. The summed E-state index contributed by atoms with van der Waals surface area (Å²) in [6, 6.07) is 22.5. The first-order chi connectivity index (χ1) is 18.5. The minimum atomic E-state index is -0.468. The molecule has 0 bridgehead atoms. The standard InChI is InChI=1S/C30H24Cl2N2O4/c1-3-6-27-22(29(34-38-27)28-23(31)7-4-8-24(28)32)17-37-21-14-13-18-15-20(12-11-19(18)16-21)25-9-5-10-26(33-25)30(35)36-2/h4-5,7-16H,3,6,17H2,1-2H3. The molecule has 3 aromatic carbocycles. The van der Waals surface area contributed by atoms with Crippen LogP contribution in [0.1, 0.15) is 35.2 Å². The number of nitrogens with zero attached hydrogens (tertiary/aromatic N) is 2. The fourth-order valence-corrected chi connectivity index (χ4v) is 4.85. The summed E-state index contributed by atoms with van der Waals surface area (Å²) >= 11 is 12.9. The van der Waals surface area contributed by atoms with Crippen molar-refractivity contribution in [1.82, 2.24) is 10.1 Å². The zero-order valence-corrected chi connectivity index (χ0v) is 22.3. The van der Waals surface area contributed by atoms with Crippen LogP contribution in [-0.2, 0) is 17.8 Å². The Bertz CT molecular complexity index is 1610. The first-order valence-corrected chi connectivity index (χ1v) is 12.9. The number of halogens is 2. The SMILES string of the molecule is CCCc1onc(-c2c(Cl)cccc2Cl)c1COc1ccc2cc(-c3cccc(C(=O)OC)n3)ccc2c1. The average molecular weight is 547 g/mol. The zero-order chi connectivity index (χ0) is 26.6. The number of hydrogen-bond acceptors (Lipinski definition) is 6. The van der Waals surface area contributed by atoms with E-state index in [-0.39, 0.29) is 12.3 Å². The highest BCUT2D eigenvalue weighted by atomic mass is 35.5. The highest BCUT2D eigenvalue weighted by Gasteiger charge is 2.22. The number of aryl methyl sites for hydroxylation is 1. The first kappa shape index (κ1) is 25.8. The molecule has 0 saturated heterocycles.